The average Bonchev–Trinajstić information content (AvgIpc) is 2.42. The highest BCUT2D eigenvalue weighted by molar-refractivity contribution is 7.80. The standard InChI is InChI=1S/C15H23N3OS/c1-11(2)16-15(20)18-17-12(3)5-6-13-7-9-14(19-4)10-8-13/h7-11H,5-6H2,1-4H3,(H2,16,18,20)/b17-12-. The molecule has 1 aromatic rings. The molecular formula is C15H23N3OS. The van der Waals surface area contributed by atoms with Crippen molar-refractivity contribution in [2.75, 3.05) is 7.11 Å². The molecule has 0 aliphatic rings. The van der Waals surface area contributed by atoms with Crippen LogP contribution in [0.5, 0.6) is 5.75 Å². The highest BCUT2D eigenvalue weighted by atomic mass is 32.1. The van der Waals surface area contributed by atoms with E-state index in [1.54, 1.807) is 7.11 Å². The summed E-state index contributed by atoms with van der Waals surface area (Å²) in [5.41, 5.74) is 5.15. The maximum Gasteiger partial charge on any atom is 0.187 e. The highest BCUT2D eigenvalue weighted by Gasteiger charge is 1.99. The summed E-state index contributed by atoms with van der Waals surface area (Å²) in [7, 11) is 1.67. The summed E-state index contributed by atoms with van der Waals surface area (Å²) in [6.45, 7) is 6.07. The number of rotatable bonds is 6. The Hall–Kier alpha value is -1.62. The second-order valence-electron chi connectivity index (χ2n) is 4.94. The van der Waals surface area contributed by atoms with Gasteiger partial charge in [-0.2, -0.15) is 5.10 Å². The van der Waals surface area contributed by atoms with Crippen LogP contribution in [0.15, 0.2) is 29.4 Å². The molecule has 20 heavy (non-hydrogen) atoms. The van der Waals surface area contributed by atoms with Gasteiger partial charge in [0.2, 0.25) is 0 Å². The Balaban J connectivity index is 2.37. The number of hydrogen-bond acceptors (Lipinski definition) is 3. The van der Waals surface area contributed by atoms with Crippen molar-refractivity contribution in [3.63, 3.8) is 0 Å². The number of thiocarbonyl (C=S) groups is 1. The van der Waals surface area contributed by atoms with E-state index in [2.05, 4.69) is 28.0 Å². The first kappa shape index (κ1) is 16.4. The van der Waals surface area contributed by atoms with Gasteiger partial charge in [-0.05, 0) is 63.5 Å². The number of methoxy groups -OCH3 is 1. The SMILES string of the molecule is COc1ccc(CC/C(C)=N\NC(=S)NC(C)C)cc1. The second-order valence-corrected chi connectivity index (χ2v) is 5.34. The Bertz CT molecular complexity index is 455. The van der Waals surface area contributed by atoms with Crippen LogP contribution in [0.2, 0.25) is 0 Å². The van der Waals surface area contributed by atoms with Crippen molar-refractivity contribution < 1.29 is 4.74 Å². The van der Waals surface area contributed by atoms with Crippen molar-refractivity contribution in [3.05, 3.63) is 29.8 Å². The fourth-order valence-corrected chi connectivity index (χ4v) is 1.90. The molecule has 0 aliphatic heterocycles. The Kier molecular flexibility index (Phi) is 7.01. The summed E-state index contributed by atoms with van der Waals surface area (Å²) in [6.07, 6.45) is 1.84. The van der Waals surface area contributed by atoms with Gasteiger partial charge in [-0.25, -0.2) is 0 Å². The van der Waals surface area contributed by atoms with Gasteiger partial charge < -0.3 is 10.1 Å². The lowest BCUT2D eigenvalue weighted by molar-refractivity contribution is 0.414. The molecule has 2 N–H and O–H groups in total. The molecule has 0 unspecified atom stereocenters. The van der Waals surface area contributed by atoms with E-state index in [1.807, 2.05) is 32.9 Å². The summed E-state index contributed by atoms with van der Waals surface area (Å²) in [4.78, 5) is 0. The first-order chi connectivity index (χ1) is 9.51. The van der Waals surface area contributed by atoms with Gasteiger partial charge in [0.25, 0.3) is 0 Å². The average molecular weight is 293 g/mol. The maximum atomic E-state index is 5.14. The molecule has 5 heteroatoms. The third-order valence-corrected chi connectivity index (χ3v) is 2.91. The lowest BCUT2D eigenvalue weighted by atomic mass is 10.1. The van der Waals surface area contributed by atoms with Crippen LogP contribution < -0.4 is 15.5 Å². The molecule has 0 amide bonds. The van der Waals surface area contributed by atoms with E-state index in [1.165, 1.54) is 5.56 Å². The lowest BCUT2D eigenvalue weighted by Crippen LogP contribution is -2.37. The number of ether oxygens (including phenoxy) is 1. The summed E-state index contributed by atoms with van der Waals surface area (Å²) in [6, 6.07) is 8.41. The molecule has 0 spiro atoms. The van der Waals surface area contributed by atoms with Gasteiger partial charge in [-0.15, -0.1) is 0 Å². The predicted molar refractivity (Wildman–Crippen MR) is 88.4 cm³/mol. The zero-order valence-corrected chi connectivity index (χ0v) is 13.4. The summed E-state index contributed by atoms with van der Waals surface area (Å²) in [5.74, 6) is 0.880. The molecule has 0 atom stereocenters. The van der Waals surface area contributed by atoms with E-state index < -0.39 is 0 Å². The van der Waals surface area contributed by atoms with Crippen molar-refractivity contribution in [1.82, 2.24) is 10.7 Å². The predicted octanol–water partition coefficient (Wildman–Crippen LogP) is 2.88. The number of nitrogens with zero attached hydrogens (tertiary/aromatic N) is 1. The molecule has 1 aromatic carbocycles. The minimum atomic E-state index is 0.310. The van der Waals surface area contributed by atoms with E-state index in [0.717, 1.165) is 24.3 Å². The Morgan fingerprint density at radius 1 is 1.30 bits per heavy atom. The monoisotopic (exact) mass is 293 g/mol. The fourth-order valence-electron chi connectivity index (χ4n) is 1.61. The quantitative estimate of drug-likeness (QED) is 0.481. The Morgan fingerprint density at radius 3 is 2.50 bits per heavy atom. The number of nitrogens with one attached hydrogen (secondary N) is 2. The number of hydrazone groups is 1. The topological polar surface area (TPSA) is 45.6 Å². The van der Waals surface area contributed by atoms with Gasteiger partial charge >= 0.3 is 0 Å². The van der Waals surface area contributed by atoms with Crippen molar-refractivity contribution in [2.45, 2.75) is 39.7 Å². The molecular weight excluding hydrogens is 270 g/mol. The van der Waals surface area contributed by atoms with Crippen LogP contribution in [-0.2, 0) is 6.42 Å². The molecule has 0 bridgehead atoms. The molecule has 110 valence electrons. The zero-order chi connectivity index (χ0) is 15.0. The van der Waals surface area contributed by atoms with E-state index >= 15 is 0 Å². The van der Waals surface area contributed by atoms with E-state index in [4.69, 9.17) is 17.0 Å². The van der Waals surface area contributed by atoms with Crippen LogP contribution in [-0.4, -0.2) is 24.0 Å². The highest BCUT2D eigenvalue weighted by Crippen LogP contribution is 2.12. The van der Waals surface area contributed by atoms with E-state index in [0.29, 0.717) is 11.2 Å². The van der Waals surface area contributed by atoms with Crippen LogP contribution >= 0.6 is 12.2 Å². The van der Waals surface area contributed by atoms with E-state index in [9.17, 15) is 0 Å². The smallest absolute Gasteiger partial charge is 0.187 e. The molecule has 0 heterocycles. The molecule has 0 radical (unpaired) electrons. The number of hydrogen-bond donors (Lipinski definition) is 2. The molecule has 0 saturated heterocycles. The molecule has 0 aliphatic carbocycles. The Morgan fingerprint density at radius 2 is 1.95 bits per heavy atom. The maximum absolute atomic E-state index is 5.14. The van der Waals surface area contributed by atoms with Crippen LogP contribution in [0.4, 0.5) is 0 Å². The molecule has 4 nitrogen and oxygen atoms in total. The largest absolute Gasteiger partial charge is 0.497 e. The third kappa shape index (κ3) is 6.52. The zero-order valence-electron chi connectivity index (χ0n) is 12.6. The van der Waals surface area contributed by atoms with Crippen LogP contribution in [0, 0.1) is 0 Å². The van der Waals surface area contributed by atoms with Gasteiger partial charge in [0, 0.05) is 11.8 Å². The van der Waals surface area contributed by atoms with Gasteiger partial charge in [-0.1, -0.05) is 12.1 Å². The number of aryl methyl sites for hydroxylation is 1. The van der Waals surface area contributed by atoms with Crippen molar-refractivity contribution in [1.29, 1.82) is 0 Å². The molecule has 0 fully saturated rings. The van der Waals surface area contributed by atoms with Gasteiger partial charge in [0.1, 0.15) is 5.75 Å². The lowest BCUT2D eigenvalue weighted by Gasteiger charge is -2.10. The van der Waals surface area contributed by atoms with Crippen LogP contribution in [0.1, 0.15) is 32.8 Å². The summed E-state index contributed by atoms with van der Waals surface area (Å²) >= 11 is 5.11. The van der Waals surface area contributed by atoms with Gasteiger partial charge in [-0.3, -0.25) is 5.43 Å². The fraction of sp³-hybridized carbons (Fsp3) is 0.467. The molecule has 1 rings (SSSR count). The summed E-state index contributed by atoms with van der Waals surface area (Å²) in [5, 5.41) is 7.91. The molecule has 0 saturated carbocycles. The van der Waals surface area contributed by atoms with Gasteiger partial charge in [0.05, 0.1) is 7.11 Å². The van der Waals surface area contributed by atoms with Crippen molar-refractivity contribution >= 4 is 23.0 Å². The Labute approximate surface area is 126 Å². The van der Waals surface area contributed by atoms with Gasteiger partial charge in [0.15, 0.2) is 5.11 Å². The van der Waals surface area contributed by atoms with Crippen LogP contribution in [0.3, 0.4) is 0 Å². The van der Waals surface area contributed by atoms with E-state index in [-0.39, 0.29) is 0 Å². The summed E-state index contributed by atoms with van der Waals surface area (Å²) < 4.78 is 5.14. The molecule has 0 aromatic heterocycles. The third-order valence-electron chi connectivity index (χ3n) is 2.70. The first-order valence-corrected chi connectivity index (χ1v) is 7.14. The normalized spacial score (nSPS) is 11.3. The van der Waals surface area contributed by atoms with Crippen LogP contribution in [0.25, 0.3) is 0 Å². The number of benzene rings is 1. The minimum Gasteiger partial charge on any atom is -0.497 e. The minimum absolute atomic E-state index is 0.310. The second kappa shape index (κ2) is 8.53. The van der Waals surface area contributed by atoms with Crippen molar-refractivity contribution in [2.24, 2.45) is 5.10 Å². The first-order valence-electron chi connectivity index (χ1n) is 6.74. The van der Waals surface area contributed by atoms with Crippen molar-refractivity contribution in [3.8, 4) is 5.75 Å².